The number of rotatable bonds is 9. The van der Waals surface area contributed by atoms with Gasteiger partial charge in [-0.3, -0.25) is 9.59 Å². The van der Waals surface area contributed by atoms with Gasteiger partial charge in [0, 0.05) is 18.2 Å². The van der Waals surface area contributed by atoms with Crippen molar-refractivity contribution < 1.29 is 18.0 Å². The topological polar surface area (TPSA) is 104 Å². The molecule has 0 aliphatic rings. The molecule has 0 aliphatic carbocycles. The summed E-state index contributed by atoms with van der Waals surface area (Å²) >= 11 is 0. The van der Waals surface area contributed by atoms with Gasteiger partial charge in [0.2, 0.25) is 15.9 Å². The minimum absolute atomic E-state index is 0.0113. The van der Waals surface area contributed by atoms with Gasteiger partial charge in [-0.25, -0.2) is 13.1 Å². The van der Waals surface area contributed by atoms with E-state index >= 15 is 0 Å². The summed E-state index contributed by atoms with van der Waals surface area (Å²) in [5, 5.41) is 5.49. The van der Waals surface area contributed by atoms with E-state index in [4.69, 9.17) is 0 Å². The van der Waals surface area contributed by atoms with E-state index in [1.54, 1.807) is 57.2 Å². The van der Waals surface area contributed by atoms with Crippen LogP contribution in [0.5, 0.6) is 0 Å². The number of nitrogens with one attached hydrogen (secondary N) is 3. The first-order valence-corrected chi connectivity index (χ1v) is 12.7. The molecule has 0 radical (unpaired) electrons. The number of hydrogen-bond acceptors (Lipinski definition) is 4. The first kappa shape index (κ1) is 26.5. The average Bonchev–Trinajstić information content (AvgIpc) is 2.71. The lowest BCUT2D eigenvalue weighted by atomic mass is 9.86. The quantitative estimate of drug-likeness (QED) is 0.520. The van der Waals surface area contributed by atoms with E-state index in [9.17, 15) is 18.0 Å². The molecule has 7 nitrogen and oxygen atoms in total. The molecule has 1 atom stereocenters. The minimum atomic E-state index is -3.49. The van der Waals surface area contributed by atoms with Crippen molar-refractivity contribution in [2.45, 2.75) is 71.3 Å². The number of amides is 2. The van der Waals surface area contributed by atoms with Crippen LogP contribution in [0.15, 0.2) is 48.5 Å². The van der Waals surface area contributed by atoms with Gasteiger partial charge in [-0.05, 0) is 55.0 Å². The number of hydrogen-bond donors (Lipinski definition) is 3. The van der Waals surface area contributed by atoms with Crippen LogP contribution < -0.4 is 15.4 Å². The Balaban J connectivity index is 1.97. The van der Waals surface area contributed by atoms with Crippen LogP contribution in [0.1, 0.15) is 68.6 Å². The largest absolute Gasteiger partial charge is 0.350 e. The van der Waals surface area contributed by atoms with Crippen molar-refractivity contribution in [1.82, 2.24) is 15.4 Å². The highest BCUT2D eigenvalue weighted by atomic mass is 32.2. The Morgan fingerprint density at radius 3 is 2.03 bits per heavy atom. The molecule has 0 spiro atoms. The average molecular weight is 474 g/mol. The molecule has 2 amide bonds. The monoisotopic (exact) mass is 473 g/mol. The first-order chi connectivity index (χ1) is 15.3. The maximum absolute atomic E-state index is 12.6. The molecule has 0 saturated heterocycles. The highest BCUT2D eigenvalue weighted by Gasteiger charge is 2.19. The molecule has 3 N–H and O–H groups in total. The van der Waals surface area contributed by atoms with Gasteiger partial charge >= 0.3 is 0 Å². The molecule has 1 unspecified atom stereocenters. The standard InChI is InChI=1S/C25H35N3O4S/c1-17(2)28-33(31,32)16-21-10-8-7-9-20(21)15-26-23(29)18(3)27-24(30)19-11-13-22(14-12-19)25(4,5)6/h7-14,17-18,28H,15-16H2,1-6H3,(H,26,29)(H,27,30). The van der Waals surface area contributed by atoms with E-state index in [-0.39, 0.29) is 35.6 Å². The van der Waals surface area contributed by atoms with Crippen LogP contribution in [-0.2, 0) is 32.5 Å². The molecule has 33 heavy (non-hydrogen) atoms. The molecule has 0 aliphatic heterocycles. The highest BCUT2D eigenvalue weighted by Crippen LogP contribution is 2.22. The number of benzene rings is 2. The van der Waals surface area contributed by atoms with Crippen molar-refractivity contribution in [1.29, 1.82) is 0 Å². The first-order valence-electron chi connectivity index (χ1n) is 11.0. The summed E-state index contributed by atoms with van der Waals surface area (Å²) in [7, 11) is -3.49. The van der Waals surface area contributed by atoms with E-state index < -0.39 is 16.1 Å². The van der Waals surface area contributed by atoms with Crippen LogP contribution in [0.2, 0.25) is 0 Å². The Morgan fingerprint density at radius 1 is 0.909 bits per heavy atom. The predicted molar refractivity (Wildman–Crippen MR) is 131 cm³/mol. The van der Waals surface area contributed by atoms with Crippen molar-refractivity contribution >= 4 is 21.8 Å². The van der Waals surface area contributed by atoms with E-state index in [1.165, 1.54) is 0 Å². The molecule has 2 aromatic carbocycles. The lowest BCUT2D eigenvalue weighted by molar-refractivity contribution is -0.122. The normalized spacial score (nSPS) is 12.9. The summed E-state index contributed by atoms with van der Waals surface area (Å²) in [6.07, 6.45) is 0. The van der Waals surface area contributed by atoms with Gasteiger partial charge in [0.1, 0.15) is 6.04 Å². The molecule has 0 fully saturated rings. The van der Waals surface area contributed by atoms with Gasteiger partial charge in [-0.2, -0.15) is 0 Å². The molecule has 2 rings (SSSR count). The third-order valence-corrected chi connectivity index (χ3v) is 6.61. The van der Waals surface area contributed by atoms with E-state index in [0.717, 1.165) is 5.56 Å². The third kappa shape index (κ3) is 8.29. The second-order valence-corrected chi connectivity index (χ2v) is 11.3. The Morgan fingerprint density at radius 2 is 1.48 bits per heavy atom. The Hall–Kier alpha value is -2.71. The number of sulfonamides is 1. The number of carbonyl (C=O) groups excluding carboxylic acids is 2. The SMILES string of the molecule is CC(C)NS(=O)(=O)Cc1ccccc1CNC(=O)C(C)NC(=O)c1ccc(C(C)(C)C)cc1. The van der Waals surface area contributed by atoms with Crippen LogP contribution in [0, 0.1) is 0 Å². The van der Waals surface area contributed by atoms with Crippen LogP contribution in [-0.4, -0.2) is 32.3 Å². The molecular formula is C25H35N3O4S. The van der Waals surface area contributed by atoms with Gasteiger partial charge in [0.25, 0.3) is 5.91 Å². The molecule has 0 heterocycles. The zero-order valence-electron chi connectivity index (χ0n) is 20.2. The molecule has 8 heteroatoms. The van der Waals surface area contributed by atoms with E-state index in [0.29, 0.717) is 16.7 Å². The fourth-order valence-electron chi connectivity index (χ4n) is 3.28. The Bertz CT molecular complexity index is 1070. The van der Waals surface area contributed by atoms with Gasteiger partial charge in [0.05, 0.1) is 5.75 Å². The summed E-state index contributed by atoms with van der Waals surface area (Å²) in [5.74, 6) is -0.856. The van der Waals surface area contributed by atoms with Crippen LogP contribution >= 0.6 is 0 Å². The fourth-order valence-corrected chi connectivity index (χ4v) is 4.77. The van der Waals surface area contributed by atoms with Gasteiger partial charge < -0.3 is 10.6 Å². The molecule has 0 aromatic heterocycles. The molecule has 0 saturated carbocycles. The maximum atomic E-state index is 12.6. The van der Waals surface area contributed by atoms with Gasteiger partial charge in [-0.1, -0.05) is 57.2 Å². The second kappa shape index (κ2) is 10.9. The summed E-state index contributed by atoms with van der Waals surface area (Å²) < 4.78 is 27.2. The summed E-state index contributed by atoms with van der Waals surface area (Å²) in [6.45, 7) is 11.6. The van der Waals surface area contributed by atoms with Crippen LogP contribution in [0.25, 0.3) is 0 Å². The third-order valence-electron chi connectivity index (χ3n) is 5.09. The Kier molecular flexibility index (Phi) is 8.80. The van der Waals surface area contributed by atoms with Crippen molar-refractivity contribution in [2.24, 2.45) is 0 Å². The second-order valence-electron chi connectivity index (χ2n) is 9.54. The summed E-state index contributed by atoms with van der Waals surface area (Å²) in [6, 6.07) is 13.4. The van der Waals surface area contributed by atoms with E-state index in [2.05, 4.69) is 36.1 Å². The van der Waals surface area contributed by atoms with Crippen molar-refractivity contribution in [3.63, 3.8) is 0 Å². The van der Waals surface area contributed by atoms with Crippen LogP contribution in [0.4, 0.5) is 0 Å². The molecule has 180 valence electrons. The smallest absolute Gasteiger partial charge is 0.251 e. The van der Waals surface area contributed by atoms with E-state index in [1.807, 2.05) is 12.1 Å². The lowest BCUT2D eigenvalue weighted by Crippen LogP contribution is -2.44. The predicted octanol–water partition coefficient (Wildman–Crippen LogP) is 3.25. The van der Waals surface area contributed by atoms with Crippen LogP contribution in [0.3, 0.4) is 0 Å². The fraction of sp³-hybridized carbons (Fsp3) is 0.440. The molecule has 0 bridgehead atoms. The zero-order valence-corrected chi connectivity index (χ0v) is 21.0. The van der Waals surface area contributed by atoms with Gasteiger partial charge in [-0.15, -0.1) is 0 Å². The zero-order chi connectivity index (χ0) is 24.8. The van der Waals surface area contributed by atoms with Crippen molar-refractivity contribution in [3.05, 3.63) is 70.8 Å². The number of carbonyl (C=O) groups is 2. The molecular weight excluding hydrogens is 438 g/mol. The summed E-state index contributed by atoms with van der Waals surface area (Å²) in [5.41, 5.74) is 2.91. The minimum Gasteiger partial charge on any atom is -0.350 e. The molecule has 2 aromatic rings. The van der Waals surface area contributed by atoms with Crippen molar-refractivity contribution in [2.75, 3.05) is 0 Å². The Labute approximate surface area is 197 Å². The summed E-state index contributed by atoms with van der Waals surface area (Å²) in [4.78, 5) is 25.1. The lowest BCUT2D eigenvalue weighted by Gasteiger charge is -2.19. The van der Waals surface area contributed by atoms with Crippen molar-refractivity contribution in [3.8, 4) is 0 Å². The highest BCUT2D eigenvalue weighted by molar-refractivity contribution is 7.88. The maximum Gasteiger partial charge on any atom is 0.251 e. The van der Waals surface area contributed by atoms with Gasteiger partial charge in [0.15, 0.2) is 0 Å².